The van der Waals surface area contributed by atoms with E-state index >= 15 is 0 Å². The van der Waals surface area contributed by atoms with E-state index in [1.807, 2.05) is 0 Å². The predicted octanol–water partition coefficient (Wildman–Crippen LogP) is 4.34. The van der Waals surface area contributed by atoms with Crippen LogP contribution in [0.2, 0.25) is 0 Å². The molecule has 0 bridgehead atoms. The van der Waals surface area contributed by atoms with Crippen LogP contribution in [0.3, 0.4) is 0 Å². The van der Waals surface area contributed by atoms with Gasteiger partial charge in [0.25, 0.3) is 0 Å². The molecule has 2 nitrogen and oxygen atoms in total. The van der Waals surface area contributed by atoms with Gasteiger partial charge in [-0.1, -0.05) is 71.1 Å². The number of rotatable bonds is 12. The Bertz CT molecular complexity index is 189. The van der Waals surface area contributed by atoms with E-state index in [1.54, 1.807) is 0 Å². The molecule has 0 saturated carbocycles. The van der Waals surface area contributed by atoms with Crippen molar-refractivity contribution in [2.75, 3.05) is 0 Å². The second-order valence-corrected chi connectivity index (χ2v) is 5.30. The van der Waals surface area contributed by atoms with Gasteiger partial charge < -0.3 is 5.11 Å². The van der Waals surface area contributed by atoms with Gasteiger partial charge in [0.2, 0.25) is 0 Å². The van der Waals surface area contributed by atoms with Crippen LogP contribution in [-0.4, -0.2) is 67.8 Å². The van der Waals surface area contributed by atoms with E-state index in [1.165, 1.54) is 51.4 Å². The number of halogens is 1. The molecule has 1 N–H and O–H groups in total. The molecule has 18 heavy (non-hydrogen) atoms. The molecule has 0 amide bonds. The Labute approximate surface area is 160 Å². The topological polar surface area (TPSA) is 37.3 Å². The van der Waals surface area contributed by atoms with Gasteiger partial charge in [0, 0.05) is 0 Å². The van der Waals surface area contributed by atoms with Crippen molar-refractivity contribution < 1.29 is 9.90 Å². The Morgan fingerprint density at radius 1 is 0.944 bits per heavy atom. The van der Waals surface area contributed by atoms with Gasteiger partial charge in [-0.15, -0.1) is 11.6 Å². The Morgan fingerprint density at radius 3 is 1.72 bits per heavy atom. The summed E-state index contributed by atoms with van der Waals surface area (Å²) in [5.41, 5.74) is 0. The molecule has 1 atom stereocenters. The van der Waals surface area contributed by atoms with Crippen molar-refractivity contribution >= 4 is 69.0 Å². The van der Waals surface area contributed by atoms with Crippen LogP contribution in [0.5, 0.6) is 0 Å². The first-order chi connectivity index (χ1) is 8.18. The van der Waals surface area contributed by atoms with E-state index in [0.717, 1.165) is 12.8 Å². The summed E-state index contributed by atoms with van der Waals surface area (Å²) in [6.07, 6.45) is 13.3. The number of hydrogen-bond acceptors (Lipinski definition) is 1. The third-order valence-corrected chi connectivity index (χ3v) is 3.48. The summed E-state index contributed by atoms with van der Waals surface area (Å²) in [6.45, 7) is 2.24. The van der Waals surface area contributed by atoms with Crippen molar-refractivity contribution in [2.45, 2.75) is 82.9 Å². The fourth-order valence-electron chi connectivity index (χ4n) is 1.93. The van der Waals surface area contributed by atoms with Crippen LogP contribution in [0.15, 0.2) is 0 Å². The summed E-state index contributed by atoms with van der Waals surface area (Å²) in [5, 5.41) is 7.90. The van der Waals surface area contributed by atoms with Crippen LogP contribution in [0.25, 0.3) is 0 Å². The Hall–Kier alpha value is 1.40. The molecule has 4 heteroatoms. The maximum atomic E-state index is 10.5. The summed E-state index contributed by atoms with van der Waals surface area (Å²) < 4.78 is 0. The van der Waals surface area contributed by atoms with Gasteiger partial charge in [-0.3, -0.25) is 4.79 Å². The Balaban J connectivity index is 0. The number of unbranched alkanes of at least 4 members (excludes halogenated alkanes) is 9. The van der Waals surface area contributed by atoms with E-state index in [4.69, 9.17) is 16.7 Å². The van der Waals surface area contributed by atoms with E-state index in [9.17, 15) is 4.79 Å². The molecule has 0 aliphatic heterocycles. The molecule has 0 heterocycles. The van der Waals surface area contributed by atoms with Gasteiger partial charge in [0.1, 0.15) is 5.38 Å². The molecule has 0 aromatic carbocycles. The van der Waals surface area contributed by atoms with Gasteiger partial charge in [-0.2, -0.15) is 0 Å². The SMILES string of the molecule is CCCCCCCCCCCCC(Cl)C(=O)O.[KH]. The molecule has 0 fully saturated rings. The van der Waals surface area contributed by atoms with Crippen molar-refractivity contribution in [3.63, 3.8) is 0 Å². The van der Waals surface area contributed by atoms with Crippen molar-refractivity contribution in [1.29, 1.82) is 0 Å². The molecule has 0 saturated heterocycles. The first-order valence-electron chi connectivity index (χ1n) is 7.05. The fourth-order valence-corrected chi connectivity index (χ4v) is 2.09. The average molecular weight is 303 g/mol. The molecular formula is C14H28ClKO2. The van der Waals surface area contributed by atoms with Crippen LogP contribution in [0, 0.1) is 0 Å². The molecule has 0 radical (unpaired) electrons. The average Bonchev–Trinajstić information content (AvgIpc) is 2.31. The van der Waals surface area contributed by atoms with Crippen molar-refractivity contribution in [3.05, 3.63) is 0 Å². The fraction of sp³-hybridized carbons (Fsp3) is 0.929. The molecule has 0 rings (SSSR count). The number of carboxylic acid groups (broad SMARTS) is 1. The number of aliphatic carboxylic acids is 1. The number of hydrogen-bond donors (Lipinski definition) is 1. The summed E-state index contributed by atoms with van der Waals surface area (Å²) in [7, 11) is 0. The second kappa shape index (κ2) is 16.5. The van der Waals surface area contributed by atoms with Crippen LogP contribution in [0.4, 0.5) is 0 Å². The molecule has 104 valence electrons. The first-order valence-corrected chi connectivity index (χ1v) is 7.49. The quantitative estimate of drug-likeness (QED) is 0.331. The summed E-state index contributed by atoms with van der Waals surface area (Å²) in [4.78, 5) is 10.5. The summed E-state index contributed by atoms with van der Waals surface area (Å²) >= 11 is 5.63. The van der Waals surface area contributed by atoms with Gasteiger partial charge in [0.05, 0.1) is 0 Å². The minimum absolute atomic E-state index is 0. The van der Waals surface area contributed by atoms with Crippen molar-refractivity contribution in [1.82, 2.24) is 0 Å². The van der Waals surface area contributed by atoms with Crippen LogP contribution in [-0.2, 0) is 4.79 Å². The monoisotopic (exact) mass is 302 g/mol. The molecule has 0 aliphatic rings. The van der Waals surface area contributed by atoms with E-state index in [0.29, 0.717) is 6.42 Å². The van der Waals surface area contributed by atoms with E-state index < -0.39 is 11.3 Å². The molecule has 0 spiro atoms. The van der Waals surface area contributed by atoms with E-state index in [-0.39, 0.29) is 51.4 Å². The van der Waals surface area contributed by atoms with Gasteiger partial charge >= 0.3 is 57.4 Å². The molecule has 0 aromatic rings. The van der Waals surface area contributed by atoms with Gasteiger partial charge in [0.15, 0.2) is 0 Å². The summed E-state index contributed by atoms with van der Waals surface area (Å²) in [6, 6.07) is 0. The Kier molecular flexibility index (Phi) is 19.8. The standard InChI is InChI=1S/C14H27ClO2.K.H/c1-2-3-4-5-6-7-8-9-10-11-12-13(15)14(16)17;;/h13H,2-12H2,1H3,(H,16,17);;. The zero-order valence-electron chi connectivity index (χ0n) is 11.1. The second-order valence-electron chi connectivity index (χ2n) is 4.78. The van der Waals surface area contributed by atoms with E-state index in [2.05, 4.69) is 6.92 Å². The molecule has 0 aliphatic carbocycles. The van der Waals surface area contributed by atoms with Crippen molar-refractivity contribution in [3.8, 4) is 0 Å². The normalized spacial score (nSPS) is 11.9. The molecular weight excluding hydrogens is 275 g/mol. The van der Waals surface area contributed by atoms with Crippen molar-refractivity contribution in [2.24, 2.45) is 0 Å². The molecule has 1 unspecified atom stereocenters. The third kappa shape index (κ3) is 15.5. The van der Waals surface area contributed by atoms with Crippen LogP contribution < -0.4 is 0 Å². The third-order valence-electron chi connectivity index (χ3n) is 3.08. The zero-order chi connectivity index (χ0) is 12.9. The van der Waals surface area contributed by atoms with Crippen LogP contribution in [0.1, 0.15) is 77.6 Å². The summed E-state index contributed by atoms with van der Waals surface area (Å²) in [5.74, 6) is -0.886. The first kappa shape index (κ1) is 21.7. The van der Waals surface area contributed by atoms with Gasteiger partial charge in [-0.25, -0.2) is 0 Å². The Morgan fingerprint density at radius 2 is 1.33 bits per heavy atom. The number of alkyl halides is 1. The number of carboxylic acids is 1. The zero-order valence-corrected chi connectivity index (χ0v) is 11.8. The van der Waals surface area contributed by atoms with Crippen LogP contribution >= 0.6 is 11.6 Å². The predicted molar refractivity (Wildman–Crippen MR) is 80.9 cm³/mol. The number of carbonyl (C=O) groups is 1. The molecule has 0 aromatic heterocycles. The van der Waals surface area contributed by atoms with Gasteiger partial charge in [-0.05, 0) is 6.42 Å². The minimum atomic E-state index is -0.886. The maximum absolute atomic E-state index is 10.5.